The molecule has 2 aromatic rings. The van der Waals surface area contributed by atoms with Gasteiger partial charge in [-0.2, -0.15) is 4.98 Å². The van der Waals surface area contributed by atoms with E-state index >= 15 is 0 Å². The Balaban J connectivity index is 1.90. The number of nitrogens with zero attached hydrogens (tertiary/aromatic N) is 3. The van der Waals surface area contributed by atoms with Gasteiger partial charge in [-0.15, -0.1) is 0 Å². The molecule has 1 fully saturated rings. The molecule has 0 spiro atoms. The van der Waals surface area contributed by atoms with Crippen LogP contribution in [0.15, 0.2) is 16.6 Å². The summed E-state index contributed by atoms with van der Waals surface area (Å²) in [5.74, 6) is 2.39. The molecule has 142 valence electrons. The molecule has 6 heteroatoms. The van der Waals surface area contributed by atoms with Crippen LogP contribution in [-0.4, -0.2) is 36.3 Å². The Morgan fingerprint density at radius 1 is 1.31 bits per heavy atom. The maximum absolute atomic E-state index is 6.21. The third kappa shape index (κ3) is 4.38. The molecule has 0 N–H and O–H groups in total. The summed E-state index contributed by atoms with van der Waals surface area (Å²) >= 11 is 6.16. The molecule has 1 atom stereocenters. The number of hydrogen-bond donors (Lipinski definition) is 0. The number of furan rings is 1. The second-order valence-electron chi connectivity index (χ2n) is 6.91. The highest BCUT2D eigenvalue weighted by Crippen LogP contribution is 2.32. The summed E-state index contributed by atoms with van der Waals surface area (Å²) in [5.41, 5.74) is 2.70. The van der Waals surface area contributed by atoms with E-state index in [4.69, 9.17) is 20.8 Å². The lowest BCUT2D eigenvalue weighted by Gasteiger charge is -2.27. The first-order valence-electron chi connectivity index (χ1n) is 9.61. The highest BCUT2D eigenvalue weighted by Gasteiger charge is 2.21. The van der Waals surface area contributed by atoms with Crippen LogP contribution >= 0.6 is 11.6 Å². The molecule has 0 radical (unpaired) electrons. The second-order valence-corrected chi connectivity index (χ2v) is 7.25. The summed E-state index contributed by atoms with van der Waals surface area (Å²) in [6.45, 7) is 9.63. The van der Waals surface area contributed by atoms with Gasteiger partial charge in [0.25, 0.3) is 0 Å². The SMILES string of the molecule is CC/C(=C\CCC(C)CC)c1cc2nc(Cl)nc(N3CCOCC3)c2o1. The largest absolute Gasteiger partial charge is 0.451 e. The lowest BCUT2D eigenvalue weighted by atomic mass is 10.0. The Labute approximate surface area is 160 Å². The van der Waals surface area contributed by atoms with E-state index in [1.165, 1.54) is 18.4 Å². The molecule has 1 unspecified atom stereocenters. The molecule has 5 nitrogen and oxygen atoms in total. The van der Waals surface area contributed by atoms with Crippen LogP contribution in [0.1, 0.15) is 52.2 Å². The monoisotopic (exact) mass is 377 g/mol. The highest BCUT2D eigenvalue weighted by molar-refractivity contribution is 6.28. The van der Waals surface area contributed by atoms with Crippen molar-refractivity contribution in [3.05, 3.63) is 23.2 Å². The summed E-state index contributed by atoms with van der Waals surface area (Å²) in [7, 11) is 0. The Morgan fingerprint density at radius 3 is 2.77 bits per heavy atom. The van der Waals surface area contributed by atoms with Gasteiger partial charge in [0.1, 0.15) is 11.3 Å². The number of fused-ring (bicyclic) bond motifs is 1. The Morgan fingerprint density at radius 2 is 2.08 bits per heavy atom. The van der Waals surface area contributed by atoms with E-state index in [0.29, 0.717) is 18.8 Å². The number of allylic oxidation sites excluding steroid dienone is 2. The van der Waals surface area contributed by atoms with E-state index in [-0.39, 0.29) is 5.28 Å². The van der Waals surface area contributed by atoms with Crippen LogP contribution in [0.2, 0.25) is 5.28 Å². The van der Waals surface area contributed by atoms with Crippen molar-refractivity contribution in [1.82, 2.24) is 9.97 Å². The zero-order valence-electron chi connectivity index (χ0n) is 15.9. The molecule has 3 rings (SSSR count). The minimum atomic E-state index is 0.255. The first kappa shape index (κ1) is 19.2. The summed E-state index contributed by atoms with van der Waals surface area (Å²) in [6, 6.07) is 1.99. The number of halogens is 1. The van der Waals surface area contributed by atoms with Crippen LogP contribution in [0, 0.1) is 5.92 Å². The van der Waals surface area contributed by atoms with Gasteiger partial charge in [0.15, 0.2) is 11.4 Å². The minimum Gasteiger partial charge on any atom is -0.451 e. The molecule has 2 aromatic heterocycles. The van der Waals surface area contributed by atoms with Gasteiger partial charge in [-0.3, -0.25) is 0 Å². The normalized spacial score (nSPS) is 17.1. The Kier molecular flexibility index (Phi) is 6.54. The molecule has 26 heavy (non-hydrogen) atoms. The van der Waals surface area contributed by atoms with Crippen molar-refractivity contribution in [2.45, 2.75) is 46.5 Å². The van der Waals surface area contributed by atoms with Gasteiger partial charge in [0.2, 0.25) is 5.28 Å². The van der Waals surface area contributed by atoms with E-state index in [2.05, 4.69) is 41.7 Å². The lowest BCUT2D eigenvalue weighted by molar-refractivity contribution is 0.122. The van der Waals surface area contributed by atoms with Crippen LogP contribution in [-0.2, 0) is 4.74 Å². The van der Waals surface area contributed by atoms with E-state index in [1.54, 1.807) is 0 Å². The molecule has 0 saturated carbocycles. The third-order valence-corrected chi connectivity index (χ3v) is 5.25. The summed E-state index contributed by atoms with van der Waals surface area (Å²) in [5, 5.41) is 0.255. The molecule has 1 saturated heterocycles. The Bertz CT molecular complexity index is 766. The van der Waals surface area contributed by atoms with Crippen molar-refractivity contribution in [2.75, 3.05) is 31.2 Å². The van der Waals surface area contributed by atoms with Crippen molar-refractivity contribution in [2.24, 2.45) is 5.92 Å². The topological polar surface area (TPSA) is 51.4 Å². The van der Waals surface area contributed by atoms with E-state index < -0.39 is 0 Å². The van der Waals surface area contributed by atoms with Crippen LogP contribution in [0.5, 0.6) is 0 Å². The molecule has 0 aromatic carbocycles. The minimum absolute atomic E-state index is 0.255. The van der Waals surface area contributed by atoms with E-state index in [9.17, 15) is 0 Å². The van der Waals surface area contributed by atoms with E-state index in [0.717, 1.165) is 48.9 Å². The van der Waals surface area contributed by atoms with Crippen molar-refractivity contribution in [3.8, 4) is 0 Å². The smallest absolute Gasteiger partial charge is 0.225 e. The summed E-state index contributed by atoms with van der Waals surface area (Å²) in [6.07, 6.45) is 6.71. The second kappa shape index (κ2) is 8.87. The number of anilines is 1. The molecular formula is C20H28ClN3O2. The fourth-order valence-corrected chi connectivity index (χ4v) is 3.37. The first-order valence-corrected chi connectivity index (χ1v) is 9.99. The van der Waals surface area contributed by atoms with Gasteiger partial charge in [0.05, 0.1) is 13.2 Å². The van der Waals surface area contributed by atoms with Crippen molar-refractivity contribution >= 4 is 34.1 Å². The molecular weight excluding hydrogens is 350 g/mol. The van der Waals surface area contributed by atoms with Gasteiger partial charge in [-0.1, -0.05) is 33.3 Å². The van der Waals surface area contributed by atoms with Gasteiger partial charge < -0.3 is 14.1 Å². The summed E-state index contributed by atoms with van der Waals surface area (Å²) < 4.78 is 11.6. The predicted molar refractivity (Wildman–Crippen MR) is 107 cm³/mol. The quantitative estimate of drug-likeness (QED) is 0.610. The van der Waals surface area contributed by atoms with E-state index in [1.807, 2.05) is 6.07 Å². The summed E-state index contributed by atoms with van der Waals surface area (Å²) in [4.78, 5) is 11.0. The maximum Gasteiger partial charge on any atom is 0.225 e. The average Bonchev–Trinajstić information content (AvgIpc) is 3.08. The zero-order chi connectivity index (χ0) is 18.5. The molecule has 1 aliphatic heterocycles. The Hall–Kier alpha value is -1.59. The number of ether oxygens (including phenoxy) is 1. The van der Waals surface area contributed by atoms with Crippen molar-refractivity contribution in [1.29, 1.82) is 0 Å². The maximum atomic E-state index is 6.21. The van der Waals surface area contributed by atoms with Crippen molar-refractivity contribution < 1.29 is 9.15 Å². The molecule has 0 amide bonds. The fraction of sp³-hybridized carbons (Fsp3) is 0.600. The van der Waals surface area contributed by atoms with Crippen LogP contribution in [0.25, 0.3) is 16.7 Å². The lowest BCUT2D eigenvalue weighted by Crippen LogP contribution is -2.36. The zero-order valence-corrected chi connectivity index (χ0v) is 16.7. The number of hydrogen-bond acceptors (Lipinski definition) is 5. The van der Waals surface area contributed by atoms with Crippen LogP contribution < -0.4 is 4.90 Å². The molecule has 1 aliphatic rings. The fourth-order valence-electron chi connectivity index (χ4n) is 3.20. The van der Waals surface area contributed by atoms with Gasteiger partial charge in [-0.05, 0) is 42.4 Å². The van der Waals surface area contributed by atoms with Crippen LogP contribution in [0.4, 0.5) is 5.82 Å². The number of morpholine rings is 1. The van der Waals surface area contributed by atoms with Gasteiger partial charge in [-0.25, -0.2) is 4.98 Å². The van der Waals surface area contributed by atoms with Crippen LogP contribution in [0.3, 0.4) is 0 Å². The molecule has 3 heterocycles. The number of aromatic nitrogens is 2. The average molecular weight is 378 g/mol. The standard InChI is InChI=1S/C20H28ClN3O2/c1-4-14(3)7-6-8-15(5-2)17-13-16-18(26-17)19(23-20(21)22-16)24-9-11-25-12-10-24/h8,13-14H,4-7,9-12H2,1-3H3/b15-8+. The highest BCUT2D eigenvalue weighted by atomic mass is 35.5. The van der Waals surface area contributed by atoms with Gasteiger partial charge >= 0.3 is 0 Å². The third-order valence-electron chi connectivity index (χ3n) is 5.08. The molecule has 0 bridgehead atoms. The van der Waals surface area contributed by atoms with Gasteiger partial charge in [0, 0.05) is 19.2 Å². The van der Waals surface area contributed by atoms with Crippen molar-refractivity contribution in [3.63, 3.8) is 0 Å². The predicted octanol–water partition coefficient (Wildman–Crippen LogP) is 5.33. The number of rotatable bonds is 7. The molecule has 0 aliphatic carbocycles. The first-order chi connectivity index (χ1) is 12.6.